The summed E-state index contributed by atoms with van der Waals surface area (Å²) in [6, 6.07) is 22.7. The summed E-state index contributed by atoms with van der Waals surface area (Å²) in [7, 11) is 1.38. The fourth-order valence-electron chi connectivity index (χ4n) is 5.23. The zero-order valence-electron chi connectivity index (χ0n) is 22.1. The molecule has 0 spiro atoms. The van der Waals surface area contributed by atoms with Gasteiger partial charge in [-0.05, 0) is 92.3 Å². The van der Waals surface area contributed by atoms with Crippen molar-refractivity contribution in [1.29, 1.82) is 0 Å². The number of ether oxygens (including phenoxy) is 1. The van der Waals surface area contributed by atoms with Crippen molar-refractivity contribution in [3.8, 4) is 5.69 Å². The molecule has 1 aliphatic heterocycles. The lowest BCUT2D eigenvalue weighted by atomic mass is 9.96. The number of esters is 1. The molecule has 0 bridgehead atoms. The molecule has 4 aromatic rings. The van der Waals surface area contributed by atoms with Gasteiger partial charge in [0.1, 0.15) is 0 Å². The number of thiocarbonyl (C=S) groups is 1. The van der Waals surface area contributed by atoms with Gasteiger partial charge in [-0.1, -0.05) is 12.1 Å². The number of methoxy groups -OCH3 is 1. The molecule has 2 unspecified atom stereocenters. The average Bonchev–Trinajstić information content (AvgIpc) is 3.43. The van der Waals surface area contributed by atoms with Gasteiger partial charge in [0.05, 0.1) is 30.5 Å². The fraction of sp³-hybridized carbons (Fsp3) is 0.200. The summed E-state index contributed by atoms with van der Waals surface area (Å²) in [4.78, 5) is 30.5. The van der Waals surface area contributed by atoms with Crippen LogP contribution in [0.15, 0.2) is 79.0 Å². The van der Waals surface area contributed by atoms with E-state index in [0.717, 1.165) is 34.0 Å². The molecule has 1 aliphatic rings. The number of aromatic nitrogens is 2. The Labute approximate surface area is 232 Å². The summed E-state index contributed by atoms with van der Waals surface area (Å²) in [5.41, 5.74) is 6.95. The van der Waals surface area contributed by atoms with Gasteiger partial charge in [0.25, 0.3) is 0 Å². The van der Waals surface area contributed by atoms with Gasteiger partial charge in [-0.25, -0.2) is 4.79 Å². The number of amides is 1. The number of hydrogen-bond donors (Lipinski definition) is 2. The fourth-order valence-corrected chi connectivity index (χ4v) is 5.58. The first-order valence-corrected chi connectivity index (χ1v) is 12.9. The molecule has 39 heavy (non-hydrogen) atoms. The highest BCUT2D eigenvalue weighted by atomic mass is 32.1. The van der Waals surface area contributed by atoms with Crippen LogP contribution < -0.4 is 15.5 Å². The van der Waals surface area contributed by atoms with E-state index < -0.39 is 0 Å². The summed E-state index contributed by atoms with van der Waals surface area (Å²) in [5.74, 6) is -0.508. The maximum Gasteiger partial charge on any atom is 0.337 e. The van der Waals surface area contributed by atoms with Crippen LogP contribution in [0.3, 0.4) is 0 Å². The number of pyridine rings is 1. The lowest BCUT2D eigenvalue weighted by molar-refractivity contribution is -0.114. The lowest BCUT2D eigenvalue weighted by Gasteiger charge is -2.28. The van der Waals surface area contributed by atoms with Crippen LogP contribution in [-0.4, -0.2) is 33.6 Å². The van der Waals surface area contributed by atoms with Crippen molar-refractivity contribution in [2.45, 2.75) is 32.9 Å². The van der Waals surface area contributed by atoms with Crippen molar-refractivity contribution in [3.63, 3.8) is 0 Å². The van der Waals surface area contributed by atoms with E-state index in [4.69, 9.17) is 17.0 Å². The van der Waals surface area contributed by atoms with Gasteiger partial charge in [-0.2, -0.15) is 0 Å². The van der Waals surface area contributed by atoms with Gasteiger partial charge in [0.2, 0.25) is 5.91 Å². The molecule has 198 valence electrons. The number of nitrogens with one attached hydrogen (secondary N) is 2. The van der Waals surface area contributed by atoms with Crippen LogP contribution in [-0.2, 0) is 9.53 Å². The predicted molar refractivity (Wildman–Crippen MR) is 155 cm³/mol. The van der Waals surface area contributed by atoms with Crippen molar-refractivity contribution >= 4 is 40.6 Å². The van der Waals surface area contributed by atoms with Crippen LogP contribution >= 0.6 is 12.2 Å². The second-order valence-corrected chi connectivity index (χ2v) is 9.82. The summed E-state index contributed by atoms with van der Waals surface area (Å²) < 4.78 is 7.07. The number of aryl methyl sites for hydroxylation is 1. The topological polar surface area (TPSA) is 88.5 Å². The maximum absolute atomic E-state index is 12.2. The van der Waals surface area contributed by atoms with E-state index in [1.54, 1.807) is 12.3 Å². The van der Waals surface area contributed by atoms with Crippen molar-refractivity contribution in [1.82, 2.24) is 14.9 Å². The molecular weight excluding hydrogens is 510 g/mol. The molecule has 1 amide bonds. The van der Waals surface area contributed by atoms with E-state index in [2.05, 4.69) is 38.1 Å². The Morgan fingerprint density at radius 3 is 2.44 bits per heavy atom. The van der Waals surface area contributed by atoms with Gasteiger partial charge in [-0.3, -0.25) is 9.78 Å². The quantitative estimate of drug-likeness (QED) is 0.250. The second-order valence-electron chi connectivity index (χ2n) is 9.43. The highest BCUT2D eigenvalue weighted by Crippen LogP contribution is 2.44. The molecule has 8 nitrogen and oxygen atoms in total. The zero-order valence-corrected chi connectivity index (χ0v) is 23.0. The number of benzene rings is 2. The molecular formula is C30H29N5O3S. The monoisotopic (exact) mass is 539 g/mol. The Kier molecular flexibility index (Phi) is 7.17. The average molecular weight is 540 g/mol. The third-order valence-corrected chi connectivity index (χ3v) is 7.19. The van der Waals surface area contributed by atoms with E-state index in [1.807, 2.05) is 67.6 Å². The highest BCUT2D eigenvalue weighted by molar-refractivity contribution is 7.80. The van der Waals surface area contributed by atoms with E-state index in [9.17, 15) is 9.59 Å². The smallest absolute Gasteiger partial charge is 0.337 e. The predicted octanol–water partition coefficient (Wildman–Crippen LogP) is 5.41. The van der Waals surface area contributed by atoms with Crippen LogP contribution in [0.5, 0.6) is 0 Å². The molecule has 2 atom stereocenters. The summed E-state index contributed by atoms with van der Waals surface area (Å²) >= 11 is 5.87. The number of carbonyl (C=O) groups excluding carboxylic acids is 2. The molecule has 2 N–H and O–H groups in total. The van der Waals surface area contributed by atoms with Gasteiger partial charge in [-0.15, -0.1) is 0 Å². The molecule has 3 heterocycles. The molecule has 9 heteroatoms. The molecule has 2 aromatic heterocycles. The summed E-state index contributed by atoms with van der Waals surface area (Å²) in [6.07, 6.45) is 1.78. The molecule has 1 saturated heterocycles. The van der Waals surface area contributed by atoms with E-state index in [-0.39, 0.29) is 24.0 Å². The Morgan fingerprint density at radius 2 is 1.77 bits per heavy atom. The first-order valence-electron chi connectivity index (χ1n) is 12.5. The van der Waals surface area contributed by atoms with E-state index in [0.29, 0.717) is 16.4 Å². The molecule has 2 aromatic carbocycles. The highest BCUT2D eigenvalue weighted by Gasteiger charge is 2.42. The largest absolute Gasteiger partial charge is 0.465 e. The standard InChI is InChI=1S/C30H29N5O3S/c1-18-16-25(19(2)34(18)24-9-7-8-21(17-24)29(37)38-4)28-27(26-10-5-6-15-31-26)33-30(39)35(28)23-13-11-22(12-14-23)32-20(3)36/h5-17,27-28H,1-4H3,(H,32,36)(H,33,39). The van der Waals surface area contributed by atoms with Crippen molar-refractivity contribution in [3.05, 3.63) is 107 Å². The minimum atomic E-state index is -0.381. The number of hydrogen-bond acceptors (Lipinski definition) is 5. The van der Waals surface area contributed by atoms with Gasteiger partial charge < -0.3 is 24.8 Å². The number of carbonyl (C=O) groups is 2. The lowest BCUT2D eigenvalue weighted by Crippen LogP contribution is -2.29. The minimum absolute atomic E-state index is 0.127. The van der Waals surface area contributed by atoms with Crippen molar-refractivity contribution in [2.24, 2.45) is 0 Å². The first kappa shape index (κ1) is 26.1. The molecule has 0 saturated carbocycles. The minimum Gasteiger partial charge on any atom is -0.465 e. The molecule has 0 aliphatic carbocycles. The summed E-state index contributed by atoms with van der Waals surface area (Å²) in [5, 5.41) is 6.89. The van der Waals surface area contributed by atoms with Crippen LogP contribution in [0.1, 0.15) is 52.0 Å². The van der Waals surface area contributed by atoms with Crippen LogP contribution in [0.4, 0.5) is 11.4 Å². The molecule has 5 rings (SSSR count). The molecule has 1 fully saturated rings. The Hall–Kier alpha value is -4.50. The van der Waals surface area contributed by atoms with Gasteiger partial charge in [0, 0.05) is 41.6 Å². The van der Waals surface area contributed by atoms with E-state index in [1.165, 1.54) is 14.0 Å². The van der Waals surface area contributed by atoms with Crippen LogP contribution in [0, 0.1) is 13.8 Å². The third-order valence-electron chi connectivity index (χ3n) is 6.88. The second kappa shape index (κ2) is 10.7. The van der Waals surface area contributed by atoms with Gasteiger partial charge >= 0.3 is 5.97 Å². The Balaban J connectivity index is 1.62. The number of nitrogens with zero attached hydrogens (tertiary/aromatic N) is 3. The van der Waals surface area contributed by atoms with E-state index >= 15 is 0 Å². The SMILES string of the molecule is COC(=O)c1cccc(-n2c(C)cc(C3C(c4ccccn4)NC(=S)N3c3ccc(NC(C)=O)cc3)c2C)c1. The van der Waals surface area contributed by atoms with Gasteiger partial charge in [0.15, 0.2) is 5.11 Å². The van der Waals surface area contributed by atoms with Crippen molar-refractivity contribution < 1.29 is 14.3 Å². The third kappa shape index (κ3) is 5.00. The first-order chi connectivity index (χ1) is 18.8. The Bertz CT molecular complexity index is 1550. The Morgan fingerprint density at radius 1 is 1.00 bits per heavy atom. The number of rotatable bonds is 6. The molecule has 0 radical (unpaired) electrons. The van der Waals surface area contributed by atoms with Crippen LogP contribution in [0.25, 0.3) is 5.69 Å². The summed E-state index contributed by atoms with van der Waals surface area (Å²) in [6.45, 7) is 5.60. The number of anilines is 2. The zero-order chi connectivity index (χ0) is 27.7. The van der Waals surface area contributed by atoms with Crippen LogP contribution in [0.2, 0.25) is 0 Å². The van der Waals surface area contributed by atoms with Crippen molar-refractivity contribution in [2.75, 3.05) is 17.3 Å². The normalized spacial score (nSPS) is 16.6. The maximum atomic E-state index is 12.2.